The van der Waals surface area contributed by atoms with Gasteiger partial charge in [-0.25, -0.2) is 0 Å². The zero-order chi connectivity index (χ0) is 26.6. The molecule has 1 unspecified atom stereocenters. The van der Waals surface area contributed by atoms with Crippen molar-refractivity contribution >= 4 is 39.7 Å². The third kappa shape index (κ3) is 5.68. The summed E-state index contributed by atoms with van der Waals surface area (Å²) in [6.07, 6.45) is 7.92. The van der Waals surface area contributed by atoms with Crippen LogP contribution in [0.4, 0.5) is 5.69 Å². The summed E-state index contributed by atoms with van der Waals surface area (Å²) in [6.45, 7) is 6.02. The van der Waals surface area contributed by atoms with Crippen molar-refractivity contribution in [3.8, 4) is 0 Å². The lowest BCUT2D eigenvalue weighted by Crippen LogP contribution is -2.50. The molecule has 5 nitrogen and oxygen atoms in total. The molecule has 1 amide bonds. The highest BCUT2D eigenvalue weighted by Gasteiger charge is 2.41. The van der Waals surface area contributed by atoms with E-state index < -0.39 is 0 Å². The fourth-order valence-corrected chi connectivity index (χ4v) is 7.09. The fourth-order valence-electron chi connectivity index (χ4n) is 6.84. The fraction of sp³-hybridized carbons (Fsp3) is 0.455. The summed E-state index contributed by atoms with van der Waals surface area (Å²) in [5.41, 5.74) is 3.63. The predicted molar refractivity (Wildman–Crippen MR) is 164 cm³/mol. The monoisotopic (exact) mass is 540 g/mol. The molecular weight excluding hydrogens is 500 g/mol. The molecule has 3 aromatic carbocycles. The van der Waals surface area contributed by atoms with Gasteiger partial charge in [-0.1, -0.05) is 67.1 Å². The maximum atomic E-state index is 13.8. The van der Waals surface area contributed by atoms with Crippen LogP contribution in [0.5, 0.6) is 0 Å². The standard InChI is InChI=1S/C33H40N4OS/c38-32-30(15-9-21-35-19-6-1-7-20-35)29-14-4-5-16-31(29)37(32)27-17-22-36(23-18-27)33(39)34-24-26-12-8-11-25-10-2-3-13-28(25)26/h2-5,8,10-14,16,27,30H,1,6-7,9,15,17-24H2,(H,34,39). The van der Waals surface area contributed by atoms with Crippen LogP contribution >= 0.6 is 12.2 Å². The van der Waals surface area contributed by atoms with Gasteiger partial charge in [0.1, 0.15) is 0 Å². The van der Waals surface area contributed by atoms with Crippen LogP contribution in [-0.2, 0) is 11.3 Å². The van der Waals surface area contributed by atoms with Crippen LogP contribution in [-0.4, -0.2) is 59.6 Å². The number of rotatable bonds is 7. The Morgan fingerprint density at radius 2 is 1.62 bits per heavy atom. The van der Waals surface area contributed by atoms with E-state index in [0.29, 0.717) is 5.91 Å². The van der Waals surface area contributed by atoms with Crippen LogP contribution in [0, 0.1) is 0 Å². The summed E-state index contributed by atoms with van der Waals surface area (Å²) in [4.78, 5) is 20.8. The molecule has 3 aliphatic heterocycles. The Morgan fingerprint density at radius 3 is 2.46 bits per heavy atom. The maximum Gasteiger partial charge on any atom is 0.234 e. The molecule has 6 rings (SSSR count). The van der Waals surface area contributed by atoms with E-state index in [0.717, 1.165) is 62.7 Å². The lowest BCUT2D eigenvalue weighted by Gasteiger charge is -2.38. The molecule has 0 spiro atoms. The Morgan fingerprint density at radius 1 is 0.872 bits per heavy atom. The van der Waals surface area contributed by atoms with Gasteiger partial charge in [-0.05, 0) is 98.3 Å². The first-order valence-electron chi connectivity index (χ1n) is 14.8. The van der Waals surface area contributed by atoms with E-state index in [1.165, 1.54) is 54.3 Å². The molecule has 6 heteroatoms. The van der Waals surface area contributed by atoms with E-state index in [-0.39, 0.29) is 12.0 Å². The summed E-state index contributed by atoms with van der Waals surface area (Å²) in [6, 6.07) is 23.7. The zero-order valence-corrected chi connectivity index (χ0v) is 23.7. The van der Waals surface area contributed by atoms with Crippen LogP contribution in [0.1, 0.15) is 62.0 Å². The van der Waals surface area contributed by atoms with Gasteiger partial charge in [0.2, 0.25) is 5.91 Å². The van der Waals surface area contributed by atoms with E-state index in [1.807, 2.05) is 0 Å². The van der Waals surface area contributed by atoms with Crippen molar-refractivity contribution in [1.82, 2.24) is 15.1 Å². The number of thiocarbonyl (C=S) groups is 1. The number of para-hydroxylation sites is 1. The van der Waals surface area contributed by atoms with Gasteiger partial charge in [0.15, 0.2) is 5.11 Å². The highest BCUT2D eigenvalue weighted by molar-refractivity contribution is 7.80. The van der Waals surface area contributed by atoms with E-state index in [1.54, 1.807) is 0 Å². The molecular formula is C33H40N4OS. The molecule has 3 aliphatic rings. The largest absolute Gasteiger partial charge is 0.358 e. The number of anilines is 1. The number of hydrogen-bond acceptors (Lipinski definition) is 3. The molecule has 2 fully saturated rings. The number of benzene rings is 3. The smallest absolute Gasteiger partial charge is 0.234 e. The van der Waals surface area contributed by atoms with Crippen molar-refractivity contribution in [3.63, 3.8) is 0 Å². The number of piperidine rings is 2. The number of nitrogens with one attached hydrogen (secondary N) is 1. The molecule has 3 heterocycles. The maximum absolute atomic E-state index is 13.8. The lowest BCUT2D eigenvalue weighted by molar-refractivity contribution is -0.120. The first-order chi connectivity index (χ1) is 19.2. The number of hydrogen-bond donors (Lipinski definition) is 1. The minimum Gasteiger partial charge on any atom is -0.358 e. The first kappa shape index (κ1) is 26.3. The summed E-state index contributed by atoms with van der Waals surface area (Å²) in [5.74, 6) is 0.317. The minimum absolute atomic E-state index is 0.00691. The first-order valence-corrected chi connectivity index (χ1v) is 15.2. The zero-order valence-electron chi connectivity index (χ0n) is 22.9. The van der Waals surface area contributed by atoms with E-state index >= 15 is 0 Å². The second-order valence-corrected chi connectivity index (χ2v) is 11.8. The summed E-state index contributed by atoms with van der Waals surface area (Å²) < 4.78 is 0. The molecule has 0 aromatic heterocycles. The van der Waals surface area contributed by atoms with Crippen molar-refractivity contribution in [2.24, 2.45) is 0 Å². The topological polar surface area (TPSA) is 38.8 Å². The molecule has 39 heavy (non-hydrogen) atoms. The van der Waals surface area contributed by atoms with Gasteiger partial charge in [0.25, 0.3) is 0 Å². The molecule has 204 valence electrons. The second-order valence-electron chi connectivity index (χ2n) is 11.4. The third-order valence-electron chi connectivity index (χ3n) is 8.95. The van der Waals surface area contributed by atoms with Gasteiger partial charge in [-0.2, -0.15) is 0 Å². The van der Waals surface area contributed by atoms with Crippen LogP contribution < -0.4 is 10.2 Å². The Bertz CT molecular complexity index is 1310. The molecule has 0 saturated carbocycles. The molecule has 1 N–H and O–H groups in total. The van der Waals surface area contributed by atoms with Crippen LogP contribution in [0.3, 0.4) is 0 Å². The SMILES string of the molecule is O=C1C(CCCN2CCCCC2)c2ccccc2N1C1CCN(C(=S)NCc2cccc3ccccc23)CC1. The predicted octanol–water partition coefficient (Wildman–Crippen LogP) is 6.08. The number of amides is 1. The van der Waals surface area contributed by atoms with Crippen molar-refractivity contribution < 1.29 is 4.79 Å². The Balaban J connectivity index is 1.04. The molecule has 0 aliphatic carbocycles. The molecule has 2 saturated heterocycles. The summed E-state index contributed by atoms with van der Waals surface area (Å²) >= 11 is 5.81. The van der Waals surface area contributed by atoms with Crippen molar-refractivity contribution in [3.05, 3.63) is 77.9 Å². The third-order valence-corrected chi connectivity index (χ3v) is 9.35. The van der Waals surface area contributed by atoms with Gasteiger partial charge in [0.05, 0.1) is 5.92 Å². The summed E-state index contributed by atoms with van der Waals surface area (Å²) in [7, 11) is 0. The van der Waals surface area contributed by atoms with Crippen molar-refractivity contribution in [1.29, 1.82) is 0 Å². The number of fused-ring (bicyclic) bond motifs is 2. The number of carbonyl (C=O) groups excluding carboxylic acids is 1. The van der Waals surface area contributed by atoms with Crippen LogP contribution in [0.15, 0.2) is 66.7 Å². The van der Waals surface area contributed by atoms with Crippen molar-refractivity contribution in [2.75, 3.05) is 37.6 Å². The Hall–Kier alpha value is -2.96. The molecule has 3 aromatic rings. The summed E-state index contributed by atoms with van der Waals surface area (Å²) in [5, 5.41) is 6.83. The second kappa shape index (κ2) is 12.1. The average molecular weight is 541 g/mol. The number of nitrogens with zero attached hydrogens (tertiary/aromatic N) is 3. The van der Waals surface area contributed by atoms with E-state index in [9.17, 15) is 4.79 Å². The normalized spacial score (nSPS) is 20.4. The van der Waals surface area contributed by atoms with Gasteiger partial charge in [0, 0.05) is 31.4 Å². The number of likely N-dealkylation sites (tertiary alicyclic amines) is 2. The highest BCUT2D eigenvalue weighted by atomic mass is 32.1. The van der Waals surface area contributed by atoms with Gasteiger partial charge >= 0.3 is 0 Å². The lowest BCUT2D eigenvalue weighted by atomic mass is 9.95. The van der Waals surface area contributed by atoms with Crippen LogP contribution in [0.2, 0.25) is 0 Å². The Labute approximate surface area is 238 Å². The highest BCUT2D eigenvalue weighted by Crippen LogP contribution is 2.42. The quantitative estimate of drug-likeness (QED) is 0.368. The van der Waals surface area contributed by atoms with Gasteiger partial charge in [-0.3, -0.25) is 4.79 Å². The van der Waals surface area contributed by atoms with Gasteiger partial charge in [-0.15, -0.1) is 0 Å². The Kier molecular flexibility index (Phi) is 8.12. The van der Waals surface area contributed by atoms with Crippen LogP contribution in [0.25, 0.3) is 10.8 Å². The minimum atomic E-state index is 0.00691. The number of carbonyl (C=O) groups is 1. The molecule has 1 atom stereocenters. The van der Waals surface area contributed by atoms with Crippen molar-refractivity contribution in [2.45, 2.75) is 63.5 Å². The molecule has 0 bridgehead atoms. The molecule has 0 radical (unpaired) electrons. The van der Waals surface area contributed by atoms with E-state index in [4.69, 9.17) is 12.2 Å². The van der Waals surface area contributed by atoms with Gasteiger partial charge < -0.3 is 20.0 Å². The van der Waals surface area contributed by atoms with E-state index in [2.05, 4.69) is 86.7 Å². The average Bonchev–Trinajstić information content (AvgIpc) is 3.27.